The van der Waals surface area contributed by atoms with Gasteiger partial charge in [-0.25, -0.2) is 4.39 Å². The Balaban J connectivity index is 3.10. The number of halogens is 2. The van der Waals surface area contributed by atoms with Crippen LogP contribution in [0.2, 0.25) is 0 Å². The number of thiol groups is 1. The molecule has 90 valence electrons. The second kappa shape index (κ2) is 5.47. The second-order valence-electron chi connectivity index (χ2n) is 3.21. The first kappa shape index (κ1) is 13.2. The van der Waals surface area contributed by atoms with Gasteiger partial charge in [0.05, 0.1) is 13.2 Å². The molecule has 0 saturated heterocycles. The molecule has 0 aliphatic carbocycles. The average molecular weight is 250 g/mol. The number of methoxy groups -OCH3 is 1. The summed E-state index contributed by atoms with van der Waals surface area (Å²) in [5.74, 6) is -2.58. The largest absolute Gasteiger partial charge is 0.494 e. The summed E-state index contributed by atoms with van der Waals surface area (Å²) < 4.78 is 30.8. The van der Waals surface area contributed by atoms with Crippen LogP contribution in [0.15, 0.2) is 12.1 Å². The van der Waals surface area contributed by atoms with E-state index in [2.05, 4.69) is 17.4 Å². The van der Waals surface area contributed by atoms with E-state index in [1.807, 2.05) is 0 Å². The summed E-state index contributed by atoms with van der Waals surface area (Å²) in [6, 6.07) is 1.95. The topological polar surface area (TPSA) is 49.7 Å². The molecule has 0 aliphatic heterocycles. The number of ether oxygens (including phenoxy) is 1. The fourth-order valence-corrected chi connectivity index (χ4v) is 1.42. The molecular weight excluding hydrogens is 238 g/mol. The highest BCUT2D eigenvalue weighted by molar-refractivity contribution is 7.80. The van der Waals surface area contributed by atoms with Crippen LogP contribution in [0.4, 0.5) is 8.78 Å². The summed E-state index contributed by atoms with van der Waals surface area (Å²) in [6.07, 6.45) is -2.49. The molecule has 16 heavy (non-hydrogen) atoms. The van der Waals surface area contributed by atoms with Gasteiger partial charge in [-0.15, -0.1) is 0 Å². The minimum absolute atomic E-state index is 0.00246. The monoisotopic (exact) mass is 250 g/mol. The third-order valence-corrected chi connectivity index (χ3v) is 2.50. The molecular formula is C10H12F2O3S. The maximum Gasteiger partial charge on any atom is 0.200 e. The maximum atomic E-state index is 13.1. The van der Waals surface area contributed by atoms with Crippen LogP contribution < -0.4 is 4.74 Å². The molecule has 0 fully saturated rings. The summed E-state index contributed by atoms with van der Waals surface area (Å²) >= 11 is 3.79. The molecule has 2 N–H and O–H groups in total. The number of aliphatic hydroxyl groups is 2. The van der Waals surface area contributed by atoms with Crippen molar-refractivity contribution in [3.8, 4) is 5.75 Å². The zero-order chi connectivity index (χ0) is 12.3. The van der Waals surface area contributed by atoms with Gasteiger partial charge < -0.3 is 14.9 Å². The zero-order valence-electron chi connectivity index (χ0n) is 8.52. The van der Waals surface area contributed by atoms with Gasteiger partial charge in [0.1, 0.15) is 6.10 Å². The van der Waals surface area contributed by atoms with E-state index in [9.17, 15) is 19.0 Å². The minimum atomic E-state index is -1.33. The molecule has 1 aromatic carbocycles. The summed E-state index contributed by atoms with van der Waals surface area (Å²) in [4.78, 5) is 0. The van der Waals surface area contributed by atoms with E-state index in [0.717, 1.165) is 12.1 Å². The van der Waals surface area contributed by atoms with Crippen molar-refractivity contribution in [1.82, 2.24) is 0 Å². The van der Waals surface area contributed by atoms with Crippen molar-refractivity contribution >= 4 is 12.6 Å². The van der Waals surface area contributed by atoms with Crippen LogP contribution in [0.1, 0.15) is 11.7 Å². The van der Waals surface area contributed by atoms with E-state index in [-0.39, 0.29) is 17.1 Å². The third kappa shape index (κ3) is 2.63. The van der Waals surface area contributed by atoms with Crippen molar-refractivity contribution in [1.29, 1.82) is 0 Å². The molecule has 0 radical (unpaired) electrons. The van der Waals surface area contributed by atoms with Gasteiger partial charge in [0.2, 0.25) is 5.82 Å². The van der Waals surface area contributed by atoms with Crippen LogP contribution in [0.5, 0.6) is 5.75 Å². The van der Waals surface area contributed by atoms with Crippen LogP contribution in [0.25, 0.3) is 0 Å². The number of rotatable bonds is 4. The Bertz CT molecular complexity index is 373. The SMILES string of the molecule is COc1cc(C(O)C(O)CS)cc(F)c1F. The van der Waals surface area contributed by atoms with E-state index < -0.39 is 23.8 Å². The van der Waals surface area contributed by atoms with E-state index in [4.69, 9.17) is 0 Å². The predicted octanol–water partition coefficient (Wildman–Crippen LogP) is 1.30. The molecule has 0 spiro atoms. The lowest BCUT2D eigenvalue weighted by Crippen LogP contribution is -2.20. The van der Waals surface area contributed by atoms with Gasteiger partial charge in [-0.05, 0) is 17.7 Å². The normalized spacial score (nSPS) is 14.6. The molecule has 1 aromatic rings. The summed E-state index contributed by atoms with van der Waals surface area (Å²) in [6.45, 7) is 0. The Morgan fingerprint density at radius 3 is 2.50 bits per heavy atom. The molecule has 0 bridgehead atoms. The van der Waals surface area contributed by atoms with Crippen molar-refractivity contribution < 1.29 is 23.7 Å². The highest BCUT2D eigenvalue weighted by Gasteiger charge is 2.21. The maximum absolute atomic E-state index is 13.1. The van der Waals surface area contributed by atoms with Gasteiger partial charge in [0.25, 0.3) is 0 Å². The molecule has 0 heterocycles. The van der Waals surface area contributed by atoms with Gasteiger partial charge in [0, 0.05) is 5.75 Å². The summed E-state index contributed by atoms with van der Waals surface area (Å²) in [5.41, 5.74) is 0.0392. The van der Waals surface area contributed by atoms with Gasteiger partial charge in [0.15, 0.2) is 11.6 Å². The van der Waals surface area contributed by atoms with E-state index in [1.54, 1.807) is 0 Å². The van der Waals surface area contributed by atoms with E-state index in [1.165, 1.54) is 7.11 Å². The average Bonchev–Trinajstić information content (AvgIpc) is 2.30. The molecule has 6 heteroatoms. The Labute approximate surface area is 97.1 Å². The van der Waals surface area contributed by atoms with Gasteiger partial charge >= 0.3 is 0 Å². The lowest BCUT2D eigenvalue weighted by Gasteiger charge is -2.17. The molecule has 2 atom stereocenters. The summed E-state index contributed by atoms with van der Waals surface area (Å²) in [5, 5.41) is 18.9. The molecule has 3 nitrogen and oxygen atoms in total. The number of hydrogen-bond donors (Lipinski definition) is 3. The Morgan fingerprint density at radius 1 is 1.38 bits per heavy atom. The zero-order valence-corrected chi connectivity index (χ0v) is 9.42. The quantitative estimate of drug-likeness (QED) is 0.706. The van der Waals surface area contributed by atoms with Crippen molar-refractivity contribution in [3.05, 3.63) is 29.3 Å². The van der Waals surface area contributed by atoms with Crippen LogP contribution in [-0.4, -0.2) is 29.2 Å². The fraction of sp³-hybridized carbons (Fsp3) is 0.400. The molecule has 0 saturated carbocycles. The number of hydrogen-bond acceptors (Lipinski definition) is 4. The minimum Gasteiger partial charge on any atom is -0.494 e. The van der Waals surface area contributed by atoms with E-state index in [0.29, 0.717) is 0 Å². The highest BCUT2D eigenvalue weighted by atomic mass is 32.1. The van der Waals surface area contributed by atoms with Crippen LogP contribution >= 0.6 is 12.6 Å². The van der Waals surface area contributed by atoms with Gasteiger partial charge in [-0.2, -0.15) is 17.0 Å². The lowest BCUT2D eigenvalue weighted by atomic mass is 10.0. The lowest BCUT2D eigenvalue weighted by molar-refractivity contribution is 0.0333. The third-order valence-electron chi connectivity index (χ3n) is 2.13. The number of benzene rings is 1. The Morgan fingerprint density at radius 2 is 2.00 bits per heavy atom. The van der Waals surface area contributed by atoms with Crippen LogP contribution in [0, 0.1) is 11.6 Å². The molecule has 0 aromatic heterocycles. The van der Waals surface area contributed by atoms with Crippen LogP contribution in [0.3, 0.4) is 0 Å². The second-order valence-corrected chi connectivity index (χ2v) is 3.58. The van der Waals surface area contributed by atoms with E-state index >= 15 is 0 Å². The van der Waals surface area contributed by atoms with Crippen molar-refractivity contribution in [3.63, 3.8) is 0 Å². The molecule has 1 rings (SSSR count). The Hall–Kier alpha value is -0.850. The molecule has 0 amide bonds. The first-order valence-electron chi connectivity index (χ1n) is 4.51. The van der Waals surface area contributed by atoms with Crippen molar-refractivity contribution in [2.24, 2.45) is 0 Å². The fourth-order valence-electron chi connectivity index (χ4n) is 1.23. The van der Waals surface area contributed by atoms with Gasteiger partial charge in [-0.1, -0.05) is 0 Å². The van der Waals surface area contributed by atoms with Crippen molar-refractivity contribution in [2.45, 2.75) is 12.2 Å². The summed E-state index contributed by atoms with van der Waals surface area (Å²) in [7, 11) is 1.18. The highest BCUT2D eigenvalue weighted by Crippen LogP contribution is 2.27. The standard InChI is InChI=1S/C10H12F2O3S/c1-15-8-3-5(2-6(11)9(8)12)10(14)7(13)4-16/h2-3,7,10,13-14,16H,4H2,1H3. The predicted molar refractivity (Wildman–Crippen MR) is 57.7 cm³/mol. The molecule has 0 aliphatic rings. The first-order chi connectivity index (χ1) is 7.51. The molecule has 2 unspecified atom stereocenters. The van der Waals surface area contributed by atoms with Gasteiger partial charge in [-0.3, -0.25) is 0 Å². The van der Waals surface area contributed by atoms with Crippen LogP contribution in [-0.2, 0) is 0 Å². The first-order valence-corrected chi connectivity index (χ1v) is 5.14. The number of aliphatic hydroxyl groups excluding tert-OH is 2. The van der Waals surface area contributed by atoms with Crippen molar-refractivity contribution in [2.75, 3.05) is 12.9 Å². The smallest absolute Gasteiger partial charge is 0.200 e. The Kier molecular flexibility index (Phi) is 4.52.